The third kappa shape index (κ3) is 6.55. The Kier molecular flexibility index (Phi) is 9.09. The second-order valence-electron chi connectivity index (χ2n) is 13.9. The number of hydrogen-bond acceptors (Lipinski definition) is 7. The Balaban J connectivity index is 1.09. The topological polar surface area (TPSA) is 82.6 Å². The molecule has 7 rings (SSSR count). The average Bonchev–Trinajstić information content (AvgIpc) is 2.99. The first-order chi connectivity index (χ1) is 21.2. The number of benzene rings is 2. The molecule has 2 aromatic carbocycles. The maximum atomic E-state index is 13.0. The molecule has 0 unspecified atom stereocenters. The lowest BCUT2D eigenvalue weighted by molar-refractivity contribution is -0.128. The third-order valence-corrected chi connectivity index (χ3v) is 15.3. The largest absolute Gasteiger partial charge is 0.475 e. The summed E-state index contributed by atoms with van der Waals surface area (Å²) in [6, 6.07) is 22.8. The highest BCUT2D eigenvalue weighted by Crippen LogP contribution is 2.55. The summed E-state index contributed by atoms with van der Waals surface area (Å²) in [7, 11) is -2.66. The Morgan fingerprint density at radius 3 is 1.89 bits per heavy atom. The van der Waals surface area contributed by atoms with Crippen LogP contribution in [0.15, 0.2) is 71.9 Å². The van der Waals surface area contributed by atoms with E-state index < -0.39 is 8.32 Å². The Labute approximate surface area is 267 Å². The quantitative estimate of drug-likeness (QED) is 0.120. The number of aromatic nitrogens is 2. The molecule has 7 nitrogen and oxygen atoms in total. The molecule has 4 aliphatic rings. The van der Waals surface area contributed by atoms with Crippen LogP contribution in [0.4, 0.5) is 0 Å². The lowest BCUT2D eigenvalue weighted by Crippen LogP contribution is -2.66. The van der Waals surface area contributed by atoms with Gasteiger partial charge in [-0.3, -0.25) is 4.79 Å². The maximum absolute atomic E-state index is 13.0. The molecule has 0 saturated heterocycles. The second kappa shape index (κ2) is 12.8. The van der Waals surface area contributed by atoms with Crippen molar-refractivity contribution in [3.8, 4) is 11.8 Å². The molecule has 234 valence electrons. The molecule has 1 N–H and O–H groups in total. The number of rotatable bonds is 12. The number of thioether (sulfide) groups is 1. The highest BCUT2D eigenvalue weighted by atomic mass is 32.2. The van der Waals surface area contributed by atoms with Crippen molar-refractivity contribution < 1.29 is 18.7 Å². The molecular weight excluding hydrogens is 587 g/mol. The minimum atomic E-state index is -2.66. The lowest BCUT2D eigenvalue weighted by Gasteiger charge is -2.56. The van der Waals surface area contributed by atoms with Gasteiger partial charge < -0.3 is 19.2 Å². The van der Waals surface area contributed by atoms with Crippen molar-refractivity contribution in [1.82, 2.24) is 15.3 Å². The van der Waals surface area contributed by atoms with Crippen LogP contribution in [0.1, 0.15) is 59.3 Å². The van der Waals surface area contributed by atoms with Gasteiger partial charge in [0.1, 0.15) is 6.61 Å². The summed E-state index contributed by atoms with van der Waals surface area (Å²) in [5.41, 5.74) is -0.0370. The normalized spacial score (nSPS) is 24.2. The standard InChI is InChI=1S/C35H45N3O4SSi/c1-34(2,3)44(28-11-7-5-8-12-28,29-13-9-6-10-14-29)42-16-15-40-31-20-32(37-33(36-31)43-4)41-24-30(39)38-35-21-25-17-26(22-35)19-27(18-25)23-35/h5-14,20,25-27H,15-19,21-24H2,1-4H3,(H,38,39). The van der Waals surface area contributed by atoms with Gasteiger partial charge in [0, 0.05) is 5.54 Å². The minimum Gasteiger partial charge on any atom is -0.475 e. The van der Waals surface area contributed by atoms with Crippen LogP contribution in [-0.2, 0) is 9.22 Å². The van der Waals surface area contributed by atoms with E-state index >= 15 is 0 Å². The van der Waals surface area contributed by atoms with E-state index in [1.807, 2.05) is 18.4 Å². The maximum Gasteiger partial charge on any atom is 0.261 e. The molecule has 4 aliphatic carbocycles. The molecule has 1 aromatic heterocycles. The van der Waals surface area contributed by atoms with E-state index in [1.165, 1.54) is 41.4 Å². The zero-order valence-corrected chi connectivity index (χ0v) is 28.2. The molecular formula is C35H45N3O4SSi. The summed E-state index contributed by atoms with van der Waals surface area (Å²) in [6.45, 7) is 7.44. The lowest BCUT2D eigenvalue weighted by atomic mass is 9.53. The van der Waals surface area contributed by atoms with Gasteiger partial charge in [-0.1, -0.05) is 93.2 Å². The molecule has 1 heterocycles. The van der Waals surface area contributed by atoms with Crippen LogP contribution in [0.2, 0.25) is 5.04 Å². The Morgan fingerprint density at radius 1 is 0.864 bits per heavy atom. The SMILES string of the molecule is CSc1nc(OCCO[Si](c2ccccc2)(c2ccccc2)C(C)(C)C)cc(OCC(=O)NC23CC4CC(CC(C4)C2)C3)n1. The van der Waals surface area contributed by atoms with E-state index in [2.05, 4.69) is 84.6 Å². The summed E-state index contributed by atoms with van der Waals surface area (Å²) < 4.78 is 19.0. The molecule has 0 atom stereocenters. The summed E-state index contributed by atoms with van der Waals surface area (Å²) >= 11 is 1.41. The van der Waals surface area contributed by atoms with Gasteiger partial charge >= 0.3 is 0 Å². The number of carbonyl (C=O) groups is 1. The van der Waals surface area contributed by atoms with Crippen molar-refractivity contribution in [2.75, 3.05) is 26.1 Å². The van der Waals surface area contributed by atoms with Crippen molar-refractivity contribution in [2.24, 2.45) is 17.8 Å². The van der Waals surface area contributed by atoms with Gasteiger partial charge in [-0.25, -0.2) is 0 Å². The predicted molar refractivity (Wildman–Crippen MR) is 177 cm³/mol. The minimum absolute atomic E-state index is 0.0370. The van der Waals surface area contributed by atoms with E-state index in [0.717, 1.165) is 37.0 Å². The van der Waals surface area contributed by atoms with Crippen molar-refractivity contribution in [3.05, 3.63) is 66.7 Å². The van der Waals surface area contributed by atoms with Gasteiger partial charge in [0.2, 0.25) is 11.8 Å². The Hall–Kier alpha value is -2.88. The molecule has 4 saturated carbocycles. The van der Waals surface area contributed by atoms with Crippen LogP contribution in [0.3, 0.4) is 0 Å². The van der Waals surface area contributed by atoms with Crippen molar-refractivity contribution in [1.29, 1.82) is 0 Å². The van der Waals surface area contributed by atoms with Crippen LogP contribution in [-0.4, -0.2) is 55.8 Å². The van der Waals surface area contributed by atoms with E-state index in [-0.39, 0.29) is 23.1 Å². The van der Waals surface area contributed by atoms with Gasteiger partial charge in [-0.15, -0.1) is 0 Å². The third-order valence-electron chi connectivity index (χ3n) is 9.70. The fourth-order valence-electron chi connectivity index (χ4n) is 8.46. The summed E-state index contributed by atoms with van der Waals surface area (Å²) in [6.07, 6.45) is 9.28. The summed E-state index contributed by atoms with van der Waals surface area (Å²) in [5.74, 6) is 2.99. The van der Waals surface area contributed by atoms with Crippen LogP contribution >= 0.6 is 11.8 Å². The Morgan fingerprint density at radius 2 is 1.39 bits per heavy atom. The fraction of sp³-hybridized carbons (Fsp3) is 0.514. The molecule has 4 bridgehead atoms. The van der Waals surface area contributed by atoms with Gasteiger partial charge in [0.15, 0.2) is 11.8 Å². The first-order valence-corrected chi connectivity index (χ1v) is 19.1. The van der Waals surface area contributed by atoms with Crippen LogP contribution in [0.5, 0.6) is 11.8 Å². The van der Waals surface area contributed by atoms with Crippen molar-refractivity contribution >= 4 is 36.4 Å². The van der Waals surface area contributed by atoms with Gasteiger partial charge in [-0.05, 0) is 77.9 Å². The van der Waals surface area contributed by atoms with E-state index in [0.29, 0.717) is 30.1 Å². The zero-order chi connectivity index (χ0) is 30.8. The molecule has 9 heteroatoms. The number of carbonyl (C=O) groups excluding carboxylic acids is 1. The highest BCUT2D eigenvalue weighted by Gasteiger charge is 2.52. The highest BCUT2D eigenvalue weighted by molar-refractivity contribution is 7.98. The number of hydrogen-bond donors (Lipinski definition) is 1. The van der Waals surface area contributed by atoms with Crippen LogP contribution in [0, 0.1) is 17.8 Å². The number of ether oxygens (including phenoxy) is 2. The Bertz CT molecular complexity index is 1360. The van der Waals surface area contributed by atoms with Gasteiger partial charge in [0.05, 0.1) is 12.7 Å². The first-order valence-electron chi connectivity index (χ1n) is 15.9. The first kappa shape index (κ1) is 31.1. The zero-order valence-electron chi connectivity index (χ0n) is 26.4. The summed E-state index contributed by atoms with van der Waals surface area (Å²) in [5, 5.41) is 6.25. The molecule has 3 aromatic rings. The fourth-order valence-corrected chi connectivity index (χ4v) is 13.4. The monoisotopic (exact) mass is 631 g/mol. The molecule has 1 amide bonds. The number of amides is 1. The molecule has 44 heavy (non-hydrogen) atoms. The smallest absolute Gasteiger partial charge is 0.261 e. The molecule has 4 fully saturated rings. The van der Waals surface area contributed by atoms with Crippen molar-refractivity contribution in [3.63, 3.8) is 0 Å². The van der Waals surface area contributed by atoms with Gasteiger partial charge in [0.25, 0.3) is 14.2 Å². The molecule has 0 spiro atoms. The number of nitrogens with one attached hydrogen (secondary N) is 1. The van der Waals surface area contributed by atoms with Crippen LogP contribution < -0.4 is 25.2 Å². The van der Waals surface area contributed by atoms with E-state index in [4.69, 9.17) is 13.9 Å². The van der Waals surface area contributed by atoms with Crippen LogP contribution in [0.25, 0.3) is 0 Å². The molecule has 0 radical (unpaired) electrons. The predicted octanol–water partition coefficient (Wildman–Crippen LogP) is 5.62. The summed E-state index contributed by atoms with van der Waals surface area (Å²) in [4.78, 5) is 22.0. The average molecular weight is 632 g/mol. The molecule has 0 aliphatic heterocycles. The van der Waals surface area contributed by atoms with E-state index in [1.54, 1.807) is 6.07 Å². The van der Waals surface area contributed by atoms with Crippen molar-refractivity contribution in [2.45, 2.75) is 75.0 Å². The van der Waals surface area contributed by atoms with Gasteiger partial charge in [-0.2, -0.15) is 9.97 Å². The second-order valence-corrected chi connectivity index (χ2v) is 19.0. The van der Waals surface area contributed by atoms with E-state index in [9.17, 15) is 4.79 Å². The number of nitrogens with zero attached hydrogens (tertiary/aromatic N) is 2.